The van der Waals surface area contributed by atoms with Crippen molar-refractivity contribution in [3.8, 4) is 18.0 Å². The second-order valence-corrected chi connectivity index (χ2v) is 5.19. The van der Waals surface area contributed by atoms with Crippen molar-refractivity contribution in [2.75, 3.05) is 6.54 Å². The highest BCUT2D eigenvalue weighted by atomic mass is 16.5. The van der Waals surface area contributed by atoms with Crippen LogP contribution in [0.5, 0.6) is 5.75 Å². The van der Waals surface area contributed by atoms with E-state index in [0.29, 0.717) is 12.1 Å². The van der Waals surface area contributed by atoms with Gasteiger partial charge in [-0.1, -0.05) is 0 Å². The van der Waals surface area contributed by atoms with Crippen molar-refractivity contribution in [1.82, 2.24) is 4.90 Å². The zero-order valence-corrected chi connectivity index (χ0v) is 12.3. The molecule has 0 saturated carbocycles. The van der Waals surface area contributed by atoms with Crippen LogP contribution in [0.2, 0.25) is 0 Å². The number of nitrogens with zero attached hydrogens (tertiary/aromatic N) is 4. The molecule has 1 aromatic carbocycles. The largest absolute Gasteiger partial charge is 0.483 e. The highest BCUT2D eigenvalue weighted by molar-refractivity contribution is 5.81. The Hall–Kier alpha value is -2.79. The number of nitriles is 2. The third-order valence-electron chi connectivity index (χ3n) is 3.15. The normalized spacial score (nSPS) is 15.4. The van der Waals surface area contributed by atoms with Crippen LogP contribution in [0.1, 0.15) is 31.9 Å². The van der Waals surface area contributed by atoms with E-state index in [0.717, 1.165) is 17.0 Å². The van der Waals surface area contributed by atoms with Crippen molar-refractivity contribution < 1.29 is 4.74 Å². The lowest BCUT2D eigenvalue weighted by molar-refractivity contribution is 0.156. The van der Waals surface area contributed by atoms with Gasteiger partial charge in [-0.3, -0.25) is 0 Å². The van der Waals surface area contributed by atoms with Crippen molar-refractivity contribution in [3.63, 3.8) is 0 Å². The number of benzene rings is 1. The average Bonchev–Trinajstić information content (AvgIpc) is 2.46. The Morgan fingerprint density at radius 1 is 1.38 bits per heavy atom. The maximum absolute atomic E-state index is 9.07. The number of ether oxygens (including phenoxy) is 1. The standard InChI is InChI=1S/C16H16N4O/c1-4-20(11-19-10-18)14-8-16(2,3)21-15-6-5-12(9-17)7-13(14)15/h5-8,11H,4H2,1-3H3/b19-11+. The minimum absolute atomic E-state index is 0.468. The minimum atomic E-state index is -0.468. The molecule has 0 spiro atoms. The fourth-order valence-electron chi connectivity index (χ4n) is 2.26. The molecule has 5 heteroatoms. The van der Waals surface area contributed by atoms with Crippen LogP contribution in [0.4, 0.5) is 0 Å². The van der Waals surface area contributed by atoms with Gasteiger partial charge in [-0.25, -0.2) is 0 Å². The smallest absolute Gasteiger partial charge is 0.207 e. The van der Waals surface area contributed by atoms with Crippen LogP contribution in [0, 0.1) is 22.8 Å². The number of aliphatic imine (C=N–C) groups is 1. The maximum atomic E-state index is 9.07. The van der Waals surface area contributed by atoms with E-state index < -0.39 is 5.60 Å². The lowest BCUT2D eigenvalue weighted by Crippen LogP contribution is -2.33. The van der Waals surface area contributed by atoms with Crippen molar-refractivity contribution in [1.29, 1.82) is 10.5 Å². The second-order valence-electron chi connectivity index (χ2n) is 5.19. The van der Waals surface area contributed by atoms with Gasteiger partial charge in [0.25, 0.3) is 0 Å². The van der Waals surface area contributed by atoms with Gasteiger partial charge < -0.3 is 9.64 Å². The van der Waals surface area contributed by atoms with Gasteiger partial charge in [0.15, 0.2) is 0 Å². The third kappa shape index (κ3) is 3.04. The summed E-state index contributed by atoms with van der Waals surface area (Å²) in [5, 5.41) is 17.7. The van der Waals surface area contributed by atoms with Crippen molar-refractivity contribution >= 4 is 12.0 Å². The summed E-state index contributed by atoms with van der Waals surface area (Å²) in [7, 11) is 0. The fraction of sp³-hybridized carbons (Fsp3) is 0.312. The van der Waals surface area contributed by atoms with Crippen LogP contribution in [0.25, 0.3) is 5.70 Å². The number of hydrogen-bond donors (Lipinski definition) is 0. The Morgan fingerprint density at radius 2 is 2.14 bits per heavy atom. The molecule has 106 valence electrons. The number of rotatable bonds is 3. The average molecular weight is 280 g/mol. The van der Waals surface area contributed by atoms with E-state index in [1.54, 1.807) is 24.4 Å². The molecule has 1 aromatic rings. The maximum Gasteiger partial charge on any atom is 0.207 e. The molecule has 0 bridgehead atoms. The van der Waals surface area contributed by atoms with Crippen LogP contribution in [-0.2, 0) is 0 Å². The Balaban J connectivity index is 2.57. The summed E-state index contributed by atoms with van der Waals surface area (Å²) in [6, 6.07) is 7.46. The Labute approximate surface area is 124 Å². The Kier molecular flexibility index (Phi) is 3.95. The van der Waals surface area contributed by atoms with E-state index in [1.807, 2.05) is 31.7 Å². The Morgan fingerprint density at radius 3 is 2.76 bits per heavy atom. The molecule has 0 atom stereocenters. The highest BCUT2D eigenvalue weighted by Crippen LogP contribution is 2.37. The van der Waals surface area contributed by atoms with Gasteiger partial charge in [-0.05, 0) is 45.0 Å². The van der Waals surface area contributed by atoms with Gasteiger partial charge in [0.1, 0.15) is 17.7 Å². The van der Waals surface area contributed by atoms with Crippen LogP contribution < -0.4 is 4.74 Å². The van der Waals surface area contributed by atoms with Crippen molar-refractivity contribution in [3.05, 3.63) is 35.4 Å². The molecule has 1 aliphatic heterocycles. The zero-order valence-electron chi connectivity index (χ0n) is 12.3. The first-order valence-electron chi connectivity index (χ1n) is 6.66. The van der Waals surface area contributed by atoms with Gasteiger partial charge in [0, 0.05) is 12.1 Å². The number of hydrogen-bond acceptors (Lipinski definition) is 4. The summed E-state index contributed by atoms with van der Waals surface area (Å²) in [5.74, 6) is 0.723. The Bertz CT molecular complexity index is 689. The third-order valence-corrected chi connectivity index (χ3v) is 3.15. The van der Waals surface area contributed by atoms with Gasteiger partial charge in [0.2, 0.25) is 6.19 Å². The lowest BCUT2D eigenvalue weighted by atomic mass is 9.97. The molecule has 2 rings (SSSR count). The highest BCUT2D eigenvalue weighted by Gasteiger charge is 2.28. The summed E-state index contributed by atoms with van der Waals surface area (Å²) in [6.45, 7) is 6.55. The number of fused-ring (bicyclic) bond motifs is 1. The molecular weight excluding hydrogens is 264 g/mol. The fourth-order valence-corrected chi connectivity index (χ4v) is 2.26. The summed E-state index contributed by atoms with van der Waals surface area (Å²) in [5.41, 5.74) is 1.82. The van der Waals surface area contributed by atoms with E-state index in [2.05, 4.69) is 11.1 Å². The van der Waals surface area contributed by atoms with E-state index in [4.69, 9.17) is 15.3 Å². The molecule has 21 heavy (non-hydrogen) atoms. The molecule has 0 saturated heterocycles. The van der Waals surface area contributed by atoms with Crippen molar-refractivity contribution in [2.24, 2.45) is 4.99 Å². The van der Waals surface area contributed by atoms with Gasteiger partial charge >= 0.3 is 0 Å². The molecule has 1 heterocycles. The van der Waals surface area contributed by atoms with E-state index in [-0.39, 0.29) is 0 Å². The zero-order chi connectivity index (χ0) is 15.5. The second kappa shape index (κ2) is 5.68. The van der Waals surface area contributed by atoms with Gasteiger partial charge in [-0.15, -0.1) is 0 Å². The minimum Gasteiger partial charge on any atom is -0.483 e. The molecule has 0 fully saturated rings. The van der Waals surface area contributed by atoms with E-state index in [1.165, 1.54) is 6.34 Å². The molecule has 1 aliphatic rings. The predicted molar refractivity (Wildman–Crippen MR) is 80.3 cm³/mol. The molecule has 0 aliphatic carbocycles. The predicted octanol–water partition coefficient (Wildman–Crippen LogP) is 2.90. The van der Waals surface area contributed by atoms with Gasteiger partial charge in [-0.2, -0.15) is 15.5 Å². The summed E-state index contributed by atoms with van der Waals surface area (Å²) in [6.07, 6.45) is 5.23. The molecule has 0 unspecified atom stereocenters. The topological polar surface area (TPSA) is 72.4 Å². The first-order valence-corrected chi connectivity index (χ1v) is 6.66. The molecule has 5 nitrogen and oxygen atoms in total. The molecule has 0 amide bonds. The first-order chi connectivity index (χ1) is 10.0. The molecule has 0 N–H and O–H groups in total. The van der Waals surface area contributed by atoms with Gasteiger partial charge in [0.05, 0.1) is 17.3 Å². The first kappa shape index (κ1) is 14.6. The quantitative estimate of drug-likeness (QED) is 0.485. The summed E-state index contributed by atoms with van der Waals surface area (Å²) >= 11 is 0. The monoisotopic (exact) mass is 280 g/mol. The lowest BCUT2D eigenvalue weighted by Gasteiger charge is -2.34. The van der Waals surface area contributed by atoms with Crippen LogP contribution in [0.3, 0.4) is 0 Å². The van der Waals surface area contributed by atoms with Crippen LogP contribution in [-0.4, -0.2) is 23.4 Å². The van der Waals surface area contributed by atoms with Crippen LogP contribution in [0.15, 0.2) is 29.3 Å². The van der Waals surface area contributed by atoms with E-state index >= 15 is 0 Å². The van der Waals surface area contributed by atoms with Crippen molar-refractivity contribution in [2.45, 2.75) is 26.4 Å². The summed E-state index contributed by atoms with van der Waals surface area (Å²) < 4.78 is 5.93. The molecule has 0 radical (unpaired) electrons. The van der Waals surface area contributed by atoms with E-state index in [9.17, 15) is 0 Å². The SMILES string of the molecule is CCN(/C=N/C#N)C1=CC(C)(C)Oc2ccc(C#N)cc21. The van der Waals surface area contributed by atoms with Crippen LogP contribution >= 0.6 is 0 Å². The molecular formula is C16H16N4O. The molecule has 0 aromatic heterocycles. The summed E-state index contributed by atoms with van der Waals surface area (Å²) in [4.78, 5) is 5.51.